The number of furan rings is 1. The minimum absolute atomic E-state index is 0.0109. The van der Waals surface area contributed by atoms with Crippen LogP contribution in [0, 0.1) is 0 Å². The molecule has 0 unspecified atom stereocenters. The molecule has 0 fully saturated rings. The van der Waals surface area contributed by atoms with Crippen molar-refractivity contribution < 1.29 is 9.21 Å². The van der Waals surface area contributed by atoms with E-state index < -0.39 is 0 Å². The lowest BCUT2D eigenvalue weighted by Gasteiger charge is -1.98. The highest BCUT2D eigenvalue weighted by Crippen LogP contribution is 1.97. The van der Waals surface area contributed by atoms with Crippen LogP contribution in [0.3, 0.4) is 0 Å². The van der Waals surface area contributed by atoms with Gasteiger partial charge in [-0.25, -0.2) is 0 Å². The van der Waals surface area contributed by atoms with Crippen LogP contribution in [0.5, 0.6) is 0 Å². The van der Waals surface area contributed by atoms with E-state index in [0.29, 0.717) is 13.1 Å². The van der Waals surface area contributed by atoms with Crippen molar-refractivity contribution >= 4 is 17.4 Å². The van der Waals surface area contributed by atoms with Crippen LogP contribution in [-0.2, 0) is 11.3 Å². The molecule has 1 heterocycles. The molecule has 0 bridgehead atoms. The van der Waals surface area contributed by atoms with Gasteiger partial charge in [-0.15, -0.1) is 11.6 Å². The molecule has 0 saturated carbocycles. The lowest BCUT2D eigenvalue weighted by atomic mass is 10.4. The fraction of sp³-hybridized carbons (Fsp3) is 0.375. The number of carbonyl (C=O) groups excluding carboxylic acids is 1. The lowest BCUT2D eigenvalue weighted by Crippen LogP contribution is -2.22. The highest BCUT2D eigenvalue weighted by atomic mass is 35.5. The first-order valence-electron chi connectivity index (χ1n) is 3.63. The SMILES string of the molecule is O=C(CCl)CNCc1ccco1. The van der Waals surface area contributed by atoms with Gasteiger partial charge in [0.25, 0.3) is 0 Å². The maximum Gasteiger partial charge on any atom is 0.161 e. The number of hydrogen-bond donors (Lipinski definition) is 1. The zero-order valence-corrected chi connectivity index (χ0v) is 7.30. The second kappa shape index (κ2) is 4.95. The van der Waals surface area contributed by atoms with Crippen LogP contribution in [-0.4, -0.2) is 18.2 Å². The Hall–Kier alpha value is -0.800. The number of ketones is 1. The monoisotopic (exact) mass is 187 g/mol. The molecule has 1 N–H and O–H groups in total. The van der Waals surface area contributed by atoms with Crippen LogP contribution >= 0.6 is 11.6 Å². The van der Waals surface area contributed by atoms with Gasteiger partial charge in [0, 0.05) is 0 Å². The maximum atomic E-state index is 10.7. The van der Waals surface area contributed by atoms with Crippen molar-refractivity contribution in [1.82, 2.24) is 5.32 Å². The highest BCUT2D eigenvalue weighted by molar-refractivity contribution is 6.27. The van der Waals surface area contributed by atoms with E-state index in [-0.39, 0.29) is 11.7 Å². The molecule has 0 radical (unpaired) electrons. The predicted molar refractivity (Wildman–Crippen MR) is 46.1 cm³/mol. The Morgan fingerprint density at radius 3 is 3.08 bits per heavy atom. The molecule has 0 spiro atoms. The molecule has 0 saturated heterocycles. The molecule has 0 aliphatic rings. The van der Waals surface area contributed by atoms with Gasteiger partial charge in [0.05, 0.1) is 25.2 Å². The van der Waals surface area contributed by atoms with Crippen LogP contribution in [0.1, 0.15) is 5.76 Å². The van der Waals surface area contributed by atoms with Crippen LogP contribution in [0.15, 0.2) is 22.8 Å². The zero-order valence-electron chi connectivity index (χ0n) is 6.55. The number of hydrogen-bond acceptors (Lipinski definition) is 3. The molecule has 12 heavy (non-hydrogen) atoms. The first-order chi connectivity index (χ1) is 5.83. The molecule has 0 aliphatic heterocycles. The molecule has 1 rings (SSSR count). The van der Waals surface area contributed by atoms with Gasteiger partial charge in [0.15, 0.2) is 5.78 Å². The third-order valence-corrected chi connectivity index (χ3v) is 1.65. The average molecular weight is 188 g/mol. The Morgan fingerprint density at radius 1 is 1.67 bits per heavy atom. The summed E-state index contributed by atoms with van der Waals surface area (Å²) in [6, 6.07) is 3.65. The Balaban J connectivity index is 2.15. The fourth-order valence-electron chi connectivity index (χ4n) is 0.786. The molecule has 0 aliphatic carbocycles. The number of alkyl halides is 1. The first kappa shape index (κ1) is 9.29. The van der Waals surface area contributed by atoms with Gasteiger partial charge in [-0.1, -0.05) is 0 Å². The first-order valence-corrected chi connectivity index (χ1v) is 4.17. The molecular formula is C8H10ClNO2. The van der Waals surface area contributed by atoms with Crippen molar-refractivity contribution in [1.29, 1.82) is 0 Å². The Labute approximate surface area is 75.7 Å². The summed E-state index contributed by atoms with van der Waals surface area (Å²) in [6.07, 6.45) is 1.60. The van der Waals surface area contributed by atoms with Crippen molar-refractivity contribution in [3.8, 4) is 0 Å². The summed E-state index contributed by atoms with van der Waals surface area (Å²) < 4.78 is 5.04. The largest absolute Gasteiger partial charge is 0.468 e. The molecule has 66 valence electrons. The Bertz CT molecular complexity index is 233. The maximum absolute atomic E-state index is 10.7. The van der Waals surface area contributed by atoms with E-state index in [9.17, 15) is 4.79 Å². The van der Waals surface area contributed by atoms with Gasteiger partial charge in [-0.05, 0) is 12.1 Å². The number of nitrogens with one attached hydrogen (secondary N) is 1. The van der Waals surface area contributed by atoms with Crippen LogP contribution in [0.25, 0.3) is 0 Å². The van der Waals surface area contributed by atoms with E-state index in [2.05, 4.69) is 5.32 Å². The minimum atomic E-state index is -0.0109. The average Bonchev–Trinajstić information content (AvgIpc) is 2.57. The number of Topliss-reactive ketones (excluding diaryl/α,β-unsaturated/α-hetero) is 1. The quantitative estimate of drug-likeness (QED) is 0.704. The van der Waals surface area contributed by atoms with Gasteiger partial charge >= 0.3 is 0 Å². The molecule has 0 atom stereocenters. The molecular weight excluding hydrogens is 178 g/mol. The van der Waals surface area contributed by atoms with Gasteiger partial charge < -0.3 is 9.73 Å². The van der Waals surface area contributed by atoms with Gasteiger partial charge in [0.1, 0.15) is 5.76 Å². The van der Waals surface area contributed by atoms with E-state index in [1.54, 1.807) is 12.3 Å². The summed E-state index contributed by atoms with van der Waals surface area (Å²) in [4.78, 5) is 10.7. The smallest absolute Gasteiger partial charge is 0.161 e. The van der Waals surface area contributed by atoms with Gasteiger partial charge in [-0.2, -0.15) is 0 Å². The second-order valence-corrected chi connectivity index (χ2v) is 2.62. The molecule has 3 nitrogen and oxygen atoms in total. The summed E-state index contributed by atoms with van der Waals surface area (Å²) in [7, 11) is 0. The molecule has 0 aromatic carbocycles. The van der Waals surface area contributed by atoms with Crippen LogP contribution in [0.2, 0.25) is 0 Å². The minimum Gasteiger partial charge on any atom is -0.468 e. The van der Waals surface area contributed by atoms with Gasteiger partial charge in [-0.3, -0.25) is 4.79 Å². The molecule has 4 heteroatoms. The third kappa shape index (κ3) is 3.07. The highest BCUT2D eigenvalue weighted by Gasteiger charge is 1.99. The second-order valence-electron chi connectivity index (χ2n) is 2.36. The number of carbonyl (C=O) groups is 1. The summed E-state index contributed by atoms with van der Waals surface area (Å²) in [5, 5.41) is 2.91. The third-order valence-electron chi connectivity index (χ3n) is 1.35. The Morgan fingerprint density at radius 2 is 2.50 bits per heavy atom. The summed E-state index contributed by atoms with van der Waals surface area (Å²) in [5.74, 6) is 0.867. The van der Waals surface area contributed by atoms with Crippen molar-refractivity contribution in [3.63, 3.8) is 0 Å². The van der Waals surface area contributed by atoms with Gasteiger partial charge in [0.2, 0.25) is 0 Å². The van der Waals surface area contributed by atoms with E-state index >= 15 is 0 Å². The van der Waals surface area contributed by atoms with E-state index in [1.165, 1.54) is 0 Å². The van der Waals surface area contributed by atoms with Crippen LogP contribution in [0.4, 0.5) is 0 Å². The lowest BCUT2D eigenvalue weighted by molar-refractivity contribution is -0.115. The van der Waals surface area contributed by atoms with E-state index in [1.807, 2.05) is 6.07 Å². The van der Waals surface area contributed by atoms with Crippen molar-refractivity contribution in [2.24, 2.45) is 0 Å². The summed E-state index contributed by atoms with van der Waals surface area (Å²) in [6.45, 7) is 0.861. The number of rotatable bonds is 5. The van der Waals surface area contributed by atoms with Crippen molar-refractivity contribution in [3.05, 3.63) is 24.2 Å². The topological polar surface area (TPSA) is 42.2 Å². The van der Waals surface area contributed by atoms with Crippen molar-refractivity contribution in [2.75, 3.05) is 12.4 Å². The zero-order chi connectivity index (χ0) is 8.81. The summed E-state index contributed by atoms with van der Waals surface area (Å²) >= 11 is 5.30. The van der Waals surface area contributed by atoms with Crippen LogP contribution < -0.4 is 5.32 Å². The number of halogens is 1. The Kier molecular flexibility index (Phi) is 3.84. The molecule has 0 amide bonds. The summed E-state index contributed by atoms with van der Waals surface area (Å²) in [5.41, 5.74) is 0. The predicted octanol–water partition coefficient (Wildman–Crippen LogP) is 1.18. The van der Waals surface area contributed by atoms with E-state index in [4.69, 9.17) is 16.0 Å². The van der Waals surface area contributed by atoms with E-state index in [0.717, 1.165) is 5.76 Å². The normalized spacial score (nSPS) is 10.1. The molecule has 1 aromatic heterocycles. The standard InChI is InChI=1S/C8H10ClNO2/c9-4-7(11)5-10-6-8-2-1-3-12-8/h1-3,10H,4-6H2. The van der Waals surface area contributed by atoms with Crippen molar-refractivity contribution in [2.45, 2.75) is 6.54 Å². The molecule has 1 aromatic rings. The fourth-order valence-corrected chi connectivity index (χ4v) is 0.880.